The molecule has 3 aliphatic rings. The summed E-state index contributed by atoms with van der Waals surface area (Å²) in [6.07, 6.45) is 13.4. The van der Waals surface area contributed by atoms with Gasteiger partial charge < -0.3 is 9.32 Å². The Labute approximate surface area is 260 Å². The zero-order valence-corrected chi connectivity index (χ0v) is 25.7. The summed E-state index contributed by atoms with van der Waals surface area (Å²) in [4.78, 5) is 2.74. The Morgan fingerprint density at radius 2 is 1.16 bits per heavy atom. The van der Waals surface area contributed by atoms with Crippen LogP contribution in [0.15, 0.2) is 156 Å². The van der Waals surface area contributed by atoms with Crippen LogP contribution >= 0.6 is 0 Å². The van der Waals surface area contributed by atoms with Crippen molar-refractivity contribution in [3.63, 3.8) is 0 Å². The maximum atomic E-state index is 6.52. The van der Waals surface area contributed by atoms with E-state index in [1.54, 1.807) is 0 Å². The monoisotopic (exact) mass is 585 g/mol. The molecule has 44 heavy (non-hydrogen) atoms. The summed E-state index contributed by atoms with van der Waals surface area (Å²) in [6, 6.07) is 48.5. The number of fused-ring (bicyclic) bond motifs is 6. The van der Waals surface area contributed by atoms with Crippen LogP contribution in [0, 0.1) is 11.8 Å². The SMILES string of the molecule is C1=CC2C3CCCC3N(c3ccc4oc5ccc([Si](c6ccccc6)(c6ccccc6)c6ccccc6)cc5c4c3)C2C=C1. The zero-order valence-electron chi connectivity index (χ0n) is 24.7. The van der Waals surface area contributed by atoms with Crippen LogP contribution in [-0.2, 0) is 0 Å². The van der Waals surface area contributed by atoms with E-state index in [9.17, 15) is 0 Å². The Bertz CT molecular complexity index is 1930. The lowest BCUT2D eigenvalue weighted by molar-refractivity contribution is 0.447. The van der Waals surface area contributed by atoms with E-state index < -0.39 is 8.07 Å². The predicted molar refractivity (Wildman–Crippen MR) is 187 cm³/mol. The fourth-order valence-electron chi connectivity index (χ4n) is 8.86. The van der Waals surface area contributed by atoms with E-state index in [1.165, 1.54) is 56.5 Å². The number of hydrogen-bond acceptors (Lipinski definition) is 2. The molecule has 5 aromatic carbocycles. The van der Waals surface area contributed by atoms with E-state index in [0.717, 1.165) is 17.1 Å². The lowest BCUT2D eigenvalue weighted by Crippen LogP contribution is -2.74. The molecule has 3 heteroatoms. The Morgan fingerprint density at radius 3 is 1.82 bits per heavy atom. The summed E-state index contributed by atoms with van der Waals surface area (Å²) < 4.78 is 6.52. The molecular weight excluding hydrogens is 551 g/mol. The van der Waals surface area contributed by atoms with Crippen LogP contribution in [-0.4, -0.2) is 20.2 Å². The van der Waals surface area contributed by atoms with Gasteiger partial charge in [0, 0.05) is 28.4 Å². The number of anilines is 1. The Morgan fingerprint density at radius 1 is 0.568 bits per heavy atom. The van der Waals surface area contributed by atoms with Crippen molar-refractivity contribution in [2.75, 3.05) is 4.90 Å². The molecule has 4 atom stereocenters. The van der Waals surface area contributed by atoms with Gasteiger partial charge in [0.15, 0.2) is 8.07 Å². The summed E-state index contributed by atoms with van der Waals surface area (Å²) in [6.45, 7) is 0. The van der Waals surface area contributed by atoms with Crippen LogP contribution in [0.5, 0.6) is 0 Å². The van der Waals surface area contributed by atoms with Crippen LogP contribution < -0.4 is 25.6 Å². The van der Waals surface area contributed by atoms with Gasteiger partial charge in [0.05, 0.1) is 6.04 Å². The van der Waals surface area contributed by atoms with E-state index in [-0.39, 0.29) is 0 Å². The summed E-state index contributed by atoms with van der Waals surface area (Å²) >= 11 is 0. The molecule has 2 aliphatic carbocycles. The van der Waals surface area contributed by atoms with Gasteiger partial charge >= 0.3 is 0 Å². The molecule has 2 fully saturated rings. The molecule has 1 aliphatic heterocycles. The van der Waals surface area contributed by atoms with Gasteiger partial charge in [-0.3, -0.25) is 0 Å². The number of benzene rings is 5. The standard InChI is InChI=1S/C41H35NOSi/c1-4-13-30(14-5-1)44(31-15-6-2-7-16-31,32-17-8-3-9-18-32)33-24-26-41-37(28-33)36-27-29(23-25-40(36)43-41)42-38-21-11-10-19-34(38)35-20-12-22-39(35)42/h1-11,13-19,21,23-28,34-35,38-39H,12,20,22H2. The van der Waals surface area contributed by atoms with Gasteiger partial charge in [-0.2, -0.15) is 0 Å². The summed E-state index contributed by atoms with van der Waals surface area (Å²) in [7, 11) is -2.63. The van der Waals surface area contributed by atoms with Crippen LogP contribution in [0.1, 0.15) is 19.3 Å². The van der Waals surface area contributed by atoms with Gasteiger partial charge in [0.2, 0.25) is 0 Å². The first-order valence-corrected chi connectivity index (χ1v) is 18.1. The molecule has 1 saturated heterocycles. The highest BCUT2D eigenvalue weighted by Gasteiger charge is 2.49. The van der Waals surface area contributed by atoms with Crippen LogP contribution in [0.3, 0.4) is 0 Å². The molecule has 0 radical (unpaired) electrons. The summed E-state index contributed by atoms with van der Waals surface area (Å²) in [5, 5.41) is 7.95. The third-order valence-corrected chi connectivity index (χ3v) is 15.4. The highest BCUT2D eigenvalue weighted by Crippen LogP contribution is 2.49. The topological polar surface area (TPSA) is 16.4 Å². The van der Waals surface area contributed by atoms with Gasteiger partial charge in [-0.15, -0.1) is 0 Å². The first-order valence-electron chi connectivity index (χ1n) is 16.1. The molecule has 0 N–H and O–H groups in total. The number of nitrogens with zero attached hydrogens (tertiary/aromatic N) is 1. The van der Waals surface area contributed by atoms with Gasteiger partial charge in [0.1, 0.15) is 11.2 Å². The normalized spacial score (nSPS) is 22.5. The van der Waals surface area contributed by atoms with Crippen molar-refractivity contribution in [3.05, 3.63) is 152 Å². The van der Waals surface area contributed by atoms with Crippen LogP contribution in [0.2, 0.25) is 0 Å². The van der Waals surface area contributed by atoms with E-state index in [4.69, 9.17) is 4.42 Å². The highest BCUT2D eigenvalue weighted by molar-refractivity contribution is 7.20. The number of allylic oxidation sites excluding steroid dienone is 2. The average Bonchev–Trinajstić information content (AvgIpc) is 3.79. The summed E-state index contributed by atoms with van der Waals surface area (Å²) in [5.74, 6) is 1.36. The average molecular weight is 586 g/mol. The fraction of sp³-hybridized carbons (Fsp3) is 0.171. The first-order chi connectivity index (χ1) is 21.8. The third-order valence-electron chi connectivity index (χ3n) is 10.7. The smallest absolute Gasteiger partial charge is 0.179 e. The van der Waals surface area contributed by atoms with E-state index in [1.807, 2.05) is 0 Å². The molecule has 1 aromatic heterocycles. The molecule has 214 valence electrons. The van der Waals surface area contributed by atoms with Gasteiger partial charge in [-0.1, -0.05) is 134 Å². The first kappa shape index (κ1) is 25.9. The molecule has 0 spiro atoms. The van der Waals surface area contributed by atoms with E-state index in [0.29, 0.717) is 18.0 Å². The van der Waals surface area contributed by atoms with Crippen molar-refractivity contribution >= 4 is 56.4 Å². The maximum Gasteiger partial charge on any atom is 0.179 e. The van der Waals surface area contributed by atoms with Crippen molar-refractivity contribution in [1.29, 1.82) is 0 Å². The number of hydrogen-bond donors (Lipinski definition) is 0. The molecule has 1 saturated carbocycles. The largest absolute Gasteiger partial charge is 0.456 e. The second-order valence-electron chi connectivity index (χ2n) is 12.7. The van der Waals surface area contributed by atoms with Crippen molar-refractivity contribution in [3.8, 4) is 0 Å². The Balaban J connectivity index is 1.27. The van der Waals surface area contributed by atoms with E-state index in [2.05, 4.69) is 157 Å². The number of furan rings is 1. The third kappa shape index (κ3) is 3.79. The molecule has 6 aromatic rings. The van der Waals surface area contributed by atoms with Crippen molar-refractivity contribution in [1.82, 2.24) is 0 Å². The van der Waals surface area contributed by atoms with Crippen molar-refractivity contribution in [2.24, 2.45) is 11.8 Å². The Hall–Kier alpha value is -4.60. The highest BCUT2D eigenvalue weighted by atomic mass is 28.3. The van der Waals surface area contributed by atoms with Crippen LogP contribution in [0.25, 0.3) is 21.9 Å². The molecule has 4 unspecified atom stereocenters. The lowest BCUT2D eigenvalue weighted by atomic mass is 9.86. The molecule has 2 heterocycles. The second kappa shape index (κ2) is 10.2. The zero-order chi connectivity index (χ0) is 29.1. The van der Waals surface area contributed by atoms with Gasteiger partial charge in [0.25, 0.3) is 0 Å². The minimum Gasteiger partial charge on any atom is -0.456 e. The van der Waals surface area contributed by atoms with Crippen molar-refractivity contribution in [2.45, 2.75) is 31.3 Å². The molecular formula is C41H35NOSi. The van der Waals surface area contributed by atoms with Crippen molar-refractivity contribution < 1.29 is 4.42 Å². The molecule has 9 rings (SSSR count). The maximum absolute atomic E-state index is 6.52. The van der Waals surface area contributed by atoms with E-state index >= 15 is 0 Å². The number of rotatable bonds is 5. The lowest BCUT2D eigenvalue weighted by Gasteiger charge is -2.34. The minimum atomic E-state index is -2.63. The minimum absolute atomic E-state index is 0.441. The quantitative estimate of drug-likeness (QED) is 0.159. The second-order valence-corrected chi connectivity index (χ2v) is 16.6. The summed E-state index contributed by atoms with van der Waals surface area (Å²) in [5.41, 5.74) is 3.24. The fourth-order valence-corrected chi connectivity index (χ4v) is 13.6. The van der Waals surface area contributed by atoms with Gasteiger partial charge in [-0.25, -0.2) is 0 Å². The van der Waals surface area contributed by atoms with Gasteiger partial charge in [-0.05, 0) is 63.8 Å². The van der Waals surface area contributed by atoms with Crippen LogP contribution in [0.4, 0.5) is 5.69 Å². The molecule has 2 nitrogen and oxygen atoms in total. The molecule has 0 amide bonds. The molecule has 0 bridgehead atoms. The predicted octanol–water partition coefficient (Wildman–Crippen LogP) is 7.06. The Kier molecular flexibility index (Phi) is 6.02.